The van der Waals surface area contributed by atoms with Crippen molar-refractivity contribution in [3.8, 4) is 17.1 Å². The van der Waals surface area contributed by atoms with E-state index in [4.69, 9.17) is 28.6 Å². The number of hydrogen-bond donors (Lipinski definition) is 2. The first-order chi connectivity index (χ1) is 14.0. The van der Waals surface area contributed by atoms with E-state index in [1.165, 1.54) is 0 Å². The van der Waals surface area contributed by atoms with Crippen LogP contribution in [0.2, 0.25) is 5.02 Å². The van der Waals surface area contributed by atoms with Gasteiger partial charge in [-0.2, -0.15) is 5.10 Å². The van der Waals surface area contributed by atoms with Crippen LogP contribution >= 0.6 is 35.6 Å². The third-order valence-electron chi connectivity index (χ3n) is 4.75. The van der Waals surface area contributed by atoms with Crippen molar-refractivity contribution < 1.29 is 9.53 Å². The van der Waals surface area contributed by atoms with Gasteiger partial charge < -0.3 is 10.1 Å². The molecule has 1 atom stereocenters. The first-order valence-corrected chi connectivity index (χ1v) is 10.8. The summed E-state index contributed by atoms with van der Waals surface area (Å²) in [6.07, 6.45) is 0.853. The number of nitrogens with one attached hydrogen (secondary N) is 2. The highest BCUT2D eigenvalue weighted by atomic mass is 35.5. The average molecular weight is 447 g/mol. The summed E-state index contributed by atoms with van der Waals surface area (Å²) in [5, 5.41) is 10.9. The zero-order valence-electron chi connectivity index (χ0n) is 15.6. The van der Waals surface area contributed by atoms with Gasteiger partial charge in [-0.1, -0.05) is 11.6 Å². The van der Waals surface area contributed by atoms with Crippen molar-refractivity contribution in [3.63, 3.8) is 0 Å². The minimum atomic E-state index is -0.125. The largest absolute Gasteiger partial charge is 0.497 e. The molecular weight excluding hydrogens is 428 g/mol. The number of fused-ring (bicyclic) bond motifs is 1. The highest BCUT2D eigenvalue weighted by Gasteiger charge is 2.23. The fourth-order valence-corrected chi connectivity index (χ4v) is 4.81. The Labute approximate surface area is 182 Å². The number of carbonyl (C=O) groups is 1. The molecule has 1 unspecified atom stereocenters. The molecular formula is C20H19ClN4O2S2. The predicted molar refractivity (Wildman–Crippen MR) is 117 cm³/mol. The van der Waals surface area contributed by atoms with E-state index in [0.717, 1.165) is 33.9 Å². The van der Waals surface area contributed by atoms with Gasteiger partial charge in [0.25, 0.3) is 0 Å². The average Bonchev–Trinajstić information content (AvgIpc) is 3.08. The minimum absolute atomic E-state index is 0.0667. The Balaban J connectivity index is 1.54. The second-order valence-electron chi connectivity index (χ2n) is 6.61. The maximum absolute atomic E-state index is 12.8. The standard InChI is InChI=1S/C20H19ClN4O2S2/c1-27-14-5-2-12(3-6-14)19-23-24-20(28)25(19)11-18(26)22-16-8-9-29-17-7-4-13(21)10-15(16)17/h2-7,10,16H,8-9,11H2,1H3,(H,22,26)(H,24,28). The van der Waals surface area contributed by atoms with Gasteiger partial charge >= 0.3 is 0 Å². The fourth-order valence-electron chi connectivity index (χ4n) is 3.32. The molecule has 3 aromatic rings. The van der Waals surface area contributed by atoms with Gasteiger partial charge in [0.1, 0.15) is 12.3 Å². The van der Waals surface area contributed by atoms with Gasteiger partial charge in [-0.15, -0.1) is 11.8 Å². The topological polar surface area (TPSA) is 71.9 Å². The molecule has 9 heteroatoms. The molecule has 6 nitrogen and oxygen atoms in total. The molecule has 1 aliphatic heterocycles. The van der Waals surface area contributed by atoms with Crippen LogP contribution in [0.4, 0.5) is 0 Å². The maximum Gasteiger partial charge on any atom is 0.240 e. The van der Waals surface area contributed by atoms with Crippen LogP contribution in [0.5, 0.6) is 5.75 Å². The molecule has 2 N–H and O–H groups in total. The molecule has 0 radical (unpaired) electrons. The van der Waals surface area contributed by atoms with E-state index >= 15 is 0 Å². The zero-order valence-corrected chi connectivity index (χ0v) is 18.0. The molecule has 0 fully saturated rings. The molecule has 2 aromatic carbocycles. The van der Waals surface area contributed by atoms with Crippen LogP contribution in [-0.2, 0) is 11.3 Å². The Bertz CT molecular complexity index is 1090. The van der Waals surface area contributed by atoms with Crippen LogP contribution in [0.3, 0.4) is 0 Å². The molecule has 0 aliphatic carbocycles. The third-order valence-corrected chi connectivity index (χ3v) is 6.42. The lowest BCUT2D eigenvalue weighted by molar-refractivity contribution is -0.122. The van der Waals surface area contributed by atoms with Crippen LogP contribution in [0.1, 0.15) is 18.0 Å². The van der Waals surface area contributed by atoms with Gasteiger partial charge in [0, 0.05) is 21.2 Å². The maximum atomic E-state index is 12.8. The number of amides is 1. The predicted octanol–water partition coefficient (Wildman–Crippen LogP) is 4.62. The summed E-state index contributed by atoms with van der Waals surface area (Å²) in [6.45, 7) is 0.0796. The van der Waals surface area contributed by atoms with Crippen molar-refractivity contribution in [3.05, 3.63) is 57.8 Å². The van der Waals surface area contributed by atoms with Crippen LogP contribution in [0, 0.1) is 4.77 Å². The summed E-state index contributed by atoms with van der Waals surface area (Å²) in [6, 6.07) is 13.2. The molecule has 1 aromatic heterocycles. The Hall–Kier alpha value is -2.29. The summed E-state index contributed by atoms with van der Waals surface area (Å²) in [5.41, 5.74) is 1.91. The number of aromatic amines is 1. The number of aromatic nitrogens is 3. The van der Waals surface area contributed by atoms with Crippen molar-refractivity contribution in [2.45, 2.75) is 23.9 Å². The monoisotopic (exact) mass is 446 g/mol. The van der Waals surface area contributed by atoms with Gasteiger partial charge in [0.05, 0.1) is 13.2 Å². The number of methoxy groups -OCH3 is 1. The van der Waals surface area contributed by atoms with Crippen LogP contribution in [0.25, 0.3) is 11.4 Å². The fraction of sp³-hybridized carbons (Fsp3) is 0.250. The number of nitrogens with zero attached hydrogens (tertiary/aromatic N) is 2. The number of carbonyl (C=O) groups excluding carboxylic acids is 1. The van der Waals surface area contributed by atoms with E-state index in [0.29, 0.717) is 15.6 Å². The Morgan fingerprint density at radius 1 is 1.38 bits per heavy atom. The second-order valence-corrected chi connectivity index (χ2v) is 8.57. The molecule has 1 amide bonds. The molecule has 29 heavy (non-hydrogen) atoms. The number of halogens is 1. The number of rotatable bonds is 5. The molecule has 1 aliphatic rings. The summed E-state index contributed by atoms with van der Waals surface area (Å²) >= 11 is 13.3. The van der Waals surface area contributed by atoms with E-state index in [9.17, 15) is 4.79 Å². The van der Waals surface area contributed by atoms with Crippen LogP contribution in [0.15, 0.2) is 47.4 Å². The number of benzene rings is 2. The summed E-state index contributed by atoms with van der Waals surface area (Å²) in [4.78, 5) is 14.0. The molecule has 4 rings (SSSR count). The zero-order chi connectivity index (χ0) is 20.4. The molecule has 0 bridgehead atoms. The molecule has 150 valence electrons. The Kier molecular flexibility index (Phi) is 5.94. The van der Waals surface area contributed by atoms with Crippen molar-refractivity contribution in [1.29, 1.82) is 0 Å². The second kappa shape index (κ2) is 8.61. The van der Waals surface area contributed by atoms with E-state index in [1.54, 1.807) is 23.4 Å². The minimum Gasteiger partial charge on any atom is -0.497 e. The van der Waals surface area contributed by atoms with Crippen molar-refractivity contribution in [2.24, 2.45) is 0 Å². The highest BCUT2D eigenvalue weighted by Crippen LogP contribution is 2.37. The number of ether oxygens (including phenoxy) is 1. The lowest BCUT2D eigenvalue weighted by Crippen LogP contribution is -2.33. The summed E-state index contributed by atoms with van der Waals surface area (Å²) in [5.74, 6) is 2.18. The SMILES string of the molecule is COc1ccc(-c2n[nH]c(=S)n2CC(=O)NC2CCSc3ccc(Cl)cc32)cc1. The van der Waals surface area contributed by atoms with Crippen LogP contribution in [-0.4, -0.2) is 33.5 Å². The van der Waals surface area contributed by atoms with Crippen molar-refractivity contribution >= 4 is 41.5 Å². The van der Waals surface area contributed by atoms with Crippen molar-refractivity contribution in [1.82, 2.24) is 20.1 Å². The number of hydrogen-bond acceptors (Lipinski definition) is 5. The van der Waals surface area contributed by atoms with E-state index < -0.39 is 0 Å². The molecule has 0 spiro atoms. The molecule has 0 saturated heterocycles. The van der Waals surface area contributed by atoms with E-state index in [-0.39, 0.29) is 18.5 Å². The molecule has 0 saturated carbocycles. The van der Waals surface area contributed by atoms with E-state index in [1.807, 2.05) is 42.5 Å². The first-order valence-electron chi connectivity index (χ1n) is 9.06. The Morgan fingerprint density at radius 2 is 2.17 bits per heavy atom. The quantitative estimate of drug-likeness (QED) is 0.559. The third kappa shape index (κ3) is 4.34. The Morgan fingerprint density at radius 3 is 2.93 bits per heavy atom. The van der Waals surface area contributed by atoms with Gasteiger partial charge in [0.15, 0.2) is 10.6 Å². The summed E-state index contributed by atoms with van der Waals surface area (Å²) < 4.78 is 7.29. The number of H-pyrrole nitrogens is 1. The van der Waals surface area contributed by atoms with Crippen molar-refractivity contribution in [2.75, 3.05) is 12.9 Å². The lowest BCUT2D eigenvalue weighted by Gasteiger charge is -2.26. The molecule has 2 heterocycles. The lowest BCUT2D eigenvalue weighted by atomic mass is 10.0. The smallest absolute Gasteiger partial charge is 0.240 e. The van der Waals surface area contributed by atoms with Gasteiger partial charge in [-0.3, -0.25) is 14.5 Å². The summed E-state index contributed by atoms with van der Waals surface area (Å²) in [7, 11) is 1.62. The van der Waals surface area contributed by atoms with Gasteiger partial charge in [-0.05, 0) is 66.7 Å². The first kappa shape index (κ1) is 20.0. The highest BCUT2D eigenvalue weighted by molar-refractivity contribution is 7.99. The number of thioether (sulfide) groups is 1. The van der Waals surface area contributed by atoms with Crippen LogP contribution < -0.4 is 10.1 Å². The van der Waals surface area contributed by atoms with Gasteiger partial charge in [0.2, 0.25) is 5.91 Å². The normalized spacial score (nSPS) is 15.6. The van der Waals surface area contributed by atoms with E-state index in [2.05, 4.69) is 15.5 Å². The van der Waals surface area contributed by atoms with Gasteiger partial charge in [-0.25, -0.2) is 0 Å².